The van der Waals surface area contributed by atoms with Gasteiger partial charge in [0.15, 0.2) is 5.78 Å². The van der Waals surface area contributed by atoms with E-state index >= 15 is 0 Å². The largest absolute Gasteiger partial charge is 0.475 e. The van der Waals surface area contributed by atoms with Crippen LogP contribution in [0.3, 0.4) is 0 Å². The minimum Gasteiger partial charge on any atom is -0.475 e. The van der Waals surface area contributed by atoms with Crippen LogP contribution in [0.2, 0.25) is 0 Å². The Morgan fingerprint density at radius 2 is 1.87 bits per heavy atom. The van der Waals surface area contributed by atoms with Crippen molar-refractivity contribution in [2.45, 2.75) is 6.42 Å². The van der Waals surface area contributed by atoms with Crippen LogP contribution >= 0.6 is 0 Å². The van der Waals surface area contributed by atoms with E-state index in [0.29, 0.717) is 11.3 Å². The quantitative estimate of drug-likeness (QED) is 0.330. The first-order chi connectivity index (χ1) is 14.4. The van der Waals surface area contributed by atoms with Gasteiger partial charge in [-0.25, -0.2) is 9.78 Å². The number of Topliss-reactive ketones (excluding diaryl/α,β-unsaturated/α-hetero) is 2. The molecule has 0 aliphatic heterocycles. The fourth-order valence-corrected chi connectivity index (χ4v) is 2.39. The molecule has 0 radical (unpaired) electrons. The molecule has 9 nitrogen and oxygen atoms in total. The summed E-state index contributed by atoms with van der Waals surface area (Å²) in [6.07, 6.45) is 0.750. The Labute approximate surface area is 170 Å². The van der Waals surface area contributed by atoms with Crippen LogP contribution in [0.15, 0.2) is 60.8 Å². The number of hydrogen-bond acceptors (Lipinski definition) is 8. The molecule has 148 valence electrons. The average Bonchev–Trinajstić information content (AvgIpc) is 2.74. The summed E-state index contributed by atoms with van der Waals surface area (Å²) < 4.78 is 5.65. The second kappa shape index (κ2) is 9.07. The summed E-state index contributed by atoms with van der Waals surface area (Å²) in [6, 6.07) is 16.3. The summed E-state index contributed by atoms with van der Waals surface area (Å²) in [4.78, 5) is 42.2. The highest BCUT2D eigenvalue weighted by Crippen LogP contribution is 2.23. The van der Waals surface area contributed by atoms with Crippen molar-refractivity contribution in [1.29, 1.82) is 5.26 Å². The van der Waals surface area contributed by atoms with E-state index < -0.39 is 24.0 Å². The lowest BCUT2D eigenvalue weighted by Crippen LogP contribution is -2.17. The number of aliphatic carboxylic acids is 1. The average molecular weight is 402 g/mol. The van der Waals surface area contributed by atoms with Crippen molar-refractivity contribution in [1.82, 2.24) is 9.97 Å². The van der Waals surface area contributed by atoms with Gasteiger partial charge in [0, 0.05) is 23.5 Å². The molecule has 2 aromatic carbocycles. The van der Waals surface area contributed by atoms with Crippen LogP contribution in [0.4, 0.5) is 11.6 Å². The van der Waals surface area contributed by atoms with Gasteiger partial charge in [0.25, 0.3) is 0 Å². The maximum Gasteiger partial charge on any atom is 0.372 e. The zero-order valence-electron chi connectivity index (χ0n) is 15.4. The second-order valence-corrected chi connectivity index (χ2v) is 5.99. The molecule has 0 aliphatic rings. The summed E-state index contributed by atoms with van der Waals surface area (Å²) in [5.41, 5.74) is 1.35. The van der Waals surface area contributed by atoms with Gasteiger partial charge in [-0.15, -0.1) is 0 Å². The molecule has 0 unspecified atom stereocenters. The normalized spacial score (nSPS) is 9.97. The number of hydrogen-bond donors (Lipinski definition) is 2. The third-order valence-corrected chi connectivity index (χ3v) is 3.84. The van der Waals surface area contributed by atoms with Crippen molar-refractivity contribution < 1.29 is 24.2 Å². The molecular weight excluding hydrogens is 388 g/mol. The molecule has 9 heteroatoms. The number of benzene rings is 2. The molecule has 0 saturated heterocycles. The Morgan fingerprint density at radius 1 is 1.10 bits per heavy atom. The van der Waals surface area contributed by atoms with Gasteiger partial charge in [-0.05, 0) is 36.4 Å². The van der Waals surface area contributed by atoms with Gasteiger partial charge in [-0.3, -0.25) is 9.59 Å². The second-order valence-electron chi connectivity index (χ2n) is 5.99. The van der Waals surface area contributed by atoms with E-state index in [-0.39, 0.29) is 23.1 Å². The standard InChI is InChI=1S/C21H14N4O5/c22-12-13-4-6-15(7-5-13)24-21-23-9-8-19(25-21)30-16-3-1-2-14(10-16)17(26)11-18(27)20(28)29/h1-10H,11H2,(H,28,29)(H,23,24,25). The van der Waals surface area contributed by atoms with E-state index in [4.69, 9.17) is 15.1 Å². The Bertz CT molecular complexity index is 1150. The molecular formula is C21H14N4O5. The molecule has 0 atom stereocenters. The van der Waals surface area contributed by atoms with Gasteiger partial charge in [0.2, 0.25) is 17.6 Å². The molecule has 1 aromatic heterocycles. The highest BCUT2D eigenvalue weighted by atomic mass is 16.5. The van der Waals surface area contributed by atoms with E-state index in [1.165, 1.54) is 24.4 Å². The van der Waals surface area contributed by atoms with Crippen LogP contribution in [0.25, 0.3) is 0 Å². The van der Waals surface area contributed by atoms with Gasteiger partial charge in [-0.2, -0.15) is 10.2 Å². The van der Waals surface area contributed by atoms with Gasteiger partial charge in [0.1, 0.15) is 5.75 Å². The molecule has 3 aromatic rings. The molecule has 0 spiro atoms. The molecule has 2 N–H and O–H groups in total. The molecule has 0 amide bonds. The van der Waals surface area contributed by atoms with Gasteiger partial charge < -0.3 is 15.2 Å². The molecule has 0 fully saturated rings. The summed E-state index contributed by atoms with van der Waals surface area (Å²) >= 11 is 0. The van der Waals surface area contributed by atoms with Crippen molar-refractivity contribution in [3.8, 4) is 17.7 Å². The van der Waals surface area contributed by atoms with Gasteiger partial charge in [-0.1, -0.05) is 12.1 Å². The summed E-state index contributed by atoms with van der Waals surface area (Å²) in [7, 11) is 0. The first-order valence-corrected chi connectivity index (χ1v) is 8.62. The van der Waals surface area contributed by atoms with Crippen molar-refractivity contribution in [2.75, 3.05) is 5.32 Å². The zero-order chi connectivity index (χ0) is 21.5. The number of carboxylic acid groups (broad SMARTS) is 1. The molecule has 30 heavy (non-hydrogen) atoms. The van der Waals surface area contributed by atoms with Gasteiger partial charge >= 0.3 is 5.97 Å². The lowest BCUT2D eigenvalue weighted by Gasteiger charge is -2.08. The number of carbonyl (C=O) groups is 3. The SMILES string of the molecule is N#Cc1ccc(Nc2nccc(Oc3cccc(C(=O)CC(=O)C(=O)O)c3)n2)cc1. The number of nitrogens with one attached hydrogen (secondary N) is 1. The Kier molecular flexibility index (Phi) is 6.10. The lowest BCUT2D eigenvalue weighted by molar-refractivity contribution is -0.148. The first-order valence-electron chi connectivity index (χ1n) is 8.62. The third kappa shape index (κ3) is 5.24. The maximum absolute atomic E-state index is 12.1. The minimum absolute atomic E-state index is 0.145. The number of carbonyl (C=O) groups excluding carboxylic acids is 2. The van der Waals surface area contributed by atoms with Crippen LogP contribution < -0.4 is 10.1 Å². The number of carboxylic acids is 1. The van der Waals surface area contributed by atoms with Crippen LogP contribution in [0.1, 0.15) is 22.3 Å². The molecule has 3 rings (SSSR count). The number of rotatable bonds is 8. The minimum atomic E-state index is -1.65. The number of ether oxygens (including phenoxy) is 1. The van der Waals surface area contributed by atoms with Crippen molar-refractivity contribution in [3.63, 3.8) is 0 Å². The fourth-order valence-electron chi connectivity index (χ4n) is 2.39. The number of nitriles is 1. The summed E-state index contributed by atoms with van der Waals surface area (Å²) in [6.45, 7) is 0. The highest BCUT2D eigenvalue weighted by molar-refractivity contribution is 6.37. The van der Waals surface area contributed by atoms with Crippen molar-refractivity contribution >= 4 is 29.2 Å². The van der Waals surface area contributed by atoms with E-state index in [0.717, 1.165) is 0 Å². The van der Waals surface area contributed by atoms with Crippen LogP contribution in [-0.4, -0.2) is 32.6 Å². The molecule has 1 heterocycles. The number of anilines is 2. The van der Waals surface area contributed by atoms with Gasteiger partial charge in [0.05, 0.1) is 18.1 Å². The predicted octanol–water partition coefficient (Wildman–Crippen LogP) is 3.11. The van der Waals surface area contributed by atoms with Crippen molar-refractivity contribution in [2.24, 2.45) is 0 Å². The highest BCUT2D eigenvalue weighted by Gasteiger charge is 2.18. The lowest BCUT2D eigenvalue weighted by atomic mass is 10.1. The van der Waals surface area contributed by atoms with Crippen molar-refractivity contribution in [3.05, 3.63) is 71.9 Å². The summed E-state index contributed by atoms with van der Waals surface area (Å²) in [5, 5.41) is 20.4. The molecule has 0 bridgehead atoms. The predicted molar refractivity (Wildman–Crippen MR) is 105 cm³/mol. The monoisotopic (exact) mass is 402 g/mol. The maximum atomic E-state index is 12.1. The Balaban J connectivity index is 1.71. The van der Waals surface area contributed by atoms with Crippen LogP contribution in [0.5, 0.6) is 11.6 Å². The number of nitrogens with zero attached hydrogens (tertiary/aromatic N) is 3. The number of ketones is 2. The topological polar surface area (TPSA) is 142 Å². The Hall–Kier alpha value is -4.58. The van der Waals surface area contributed by atoms with E-state index in [9.17, 15) is 14.4 Å². The molecule has 0 saturated carbocycles. The van der Waals surface area contributed by atoms with Crippen LogP contribution in [0, 0.1) is 11.3 Å². The fraction of sp³-hybridized carbons (Fsp3) is 0.0476. The Morgan fingerprint density at radius 3 is 2.57 bits per heavy atom. The van der Waals surface area contributed by atoms with E-state index in [1.54, 1.807) is 36.4 Å². The number of aromatic nitrogens is 2. The van der Waals surface area contributed by atoms with E-state index in [2.05, 4.69) is 15.3 Å². The zero-order valence-corrected chi connectivity index (χ0v) is 15.4. The smallest absolute Gasteiger partial charge is 0.372 e. The summed E-state index contributed by atoms with van der Waals surface area (Å²) in [5.74, 6) is -2.71. The van der Waals surface area contributed by atoms with Crippen LogP contribution in [-0.2, 0) is 9.59 Å². The third-order valence-electron chi connectivity index (χ3n) is 3.84. The first kappa shape index (κ1) is 20.2. The van der Waals surface area contributed by atoms with E-state index in [1.807, 2.05) is 6.07 Å². The molecule has 0 aliphatic carbocycles.